The molecule has 1 aliphatic heterocycles. The van der Waals surface area contributed by atoms with E-state index in [1.165, 1.54) is 21.3 Å². The maximum Gasteiger partial charge on any atom is 0.389 e. The van der Waals surface area contributed by atoms with Crippen molar-refractivity contribution in [3.63, 3.8) is 0 Å². The van der Waals surface area contributed by atoms with E-state index in [-0.39, 0.29) is 30.8 Å². The first-order valence-corrected chi connectivity index (χ1v) is 17.2. The Morgan fingerprint density at radius 2 is 1.70 bits per heavy atom. The zero-order valence-corrected chi connectivity index (χ0v) is 29.7. The summed E-state index contributed by atoms with van der Waals surface area (Å²) >= 11 is 6.40. The van der Waals surface area contributed by atoms with Crippen LogP contribution in [0.25, 0.3) is 11.0 Å². The molecule has 1 amide bonds. The maximum absolute atomic E-state index is 13.7. The van der Waals surface area contributed by atoms with Gasteiger partial charge in [-0.05, 0) is 74.2 Å². The van der Waals surface area contributed by atoms with Crippen LogP contribution in [0.4, 0.5) is 19.1 Å². The molecule has 13 heteroatoms. The Kier molecular flexibility index (Phi) is 12.4. The number of halogens is 4. The second-order valence-electron chi connectivity index (χ2n) is 12.7. The molecule has 1 unspecified atom stereocenters. The van der Waals surface area contributed by atoms with E-state index in [2.05, 4.69) is 10.2 Å². The quantitative estimate of drug-likeness (QED) is 0.134. The lowest BCUT2D eigenvalue weighted by Crippen LogP contribution is -2.40. The first-order valence-electron chi connectivity index (χ1n) is 16.8. The molecule has 0 saturated carbocycles. The van der Waals surface area contributed by atoms with Crippen molar-refractivity contribution < 1.29 is 32.2 Å². The monoisotopic (exact) mass is 715 g/mol. The molecular weight excluding hydrogens is 671 g/mol. The molecule has 1 aliphatic rings. The number of anilines is 1. The van der Waals surface area contributed by atoms with E-state index in [4.69, 9.17) is 30.8 Å². The number of imidazole rings is 1. The molecule has 0 spiro atoms. The largest absolute Gasteiger partial charge is 0.493 e. The minimum Gasteiger partial charge on any atom is -0.493 e. The zero-order chi connectivity index (χ0) is 35.8. The average molecular weight is 716 g/mol. The third-order valence-electron chi connectivity index (χ3n) is 9.28. The number of hydrogen-bond donors (Lipinski definition) is 1. The lowest BCUT2D eigenvalue weighted by molar-refractivity contribution is -0.135. The molecule has 3 aromatic carbocycles. The van der Waals surface area contributed by atoms with Crippen LogP contribution >= 0.6 is 11.6 Å². The molecule has 2 heterocycles. The smallest absolute Gasteiger partial charge is 0.389 e. The predicted octanol–water partition coefficient (Wildman–Crippen LogP) is 7.88. The number of methoxy groups -OCH3 is 3. The number of nitrogens with one attached hydrogen (secondary N) is 1. The topological polar surface area (TPSA) is 81.1 Å². The molecule has 270 valence electrons. The van der Waals surface area contributed by atoms with E-state index in [9.17, 15) is 18.0 Å². The van der Waals surface area contributed by atoms with Gasteiger partial charge in [0.05, 0.1) is 32.4 Å². The molecule has 4 aromatic rings. The van der Waals surface area contributed by atoms with Gasteiger partial charge in [-0.3, -0.25) is 4.79 Å². The van der Waals surface area contributed by atoms with E-state index in [1.807, 2.05) is 53.1 Å². The van der Waals surface area contributed by atoms with E-state index < -0.39 is 12.6 Å². The zero-order valence-electron chi connectivity index (χ0n) is 28.9. The number of likely N-dealkylation sites (tertiary alicyclic amines) is 1. The van der Waals surface area contributed by atoms with Gasteiger partial charge in [-0.2, -0.15) is 13.2 Å². The van der Waals surface area contributed by atoms with E-state index in [0.717, 1.165) is 55.5 Å². The van der Waals surface area contributed by atoms with Crippen LogP contribution in [-0.4, -0.2) is 92.0 Å². The van der Waals surface area contributed by atoms with Crippen molar-refractivity contribution in [3.05, 3.63) is 76.8 Å². The number of amides is 1. The predicted molar refractivity (Wildman–Crippen MR) is 190 cm³/mol. The number of aryl methyl sites for hydroxylation is 1. The highest BCUT2D eigenvalue weighted by atomic mass is 35.5. The number of nitrogens with zero attached hydrogens (tertiary/aromatic N) is 4. The summed E-state index contributed by atoms with van der Waals surface area (Å²) in [5.41, 5.74) is 3.08. The van der Waals surface area contributed by atoms with Crippen molar-refractivity contribution in [2.45, 2.75) is 56.8 Å². The number of alkyl halides is 3. The number of benzene rings is 3. The first kappa shape index (κ1) is 37.1. The SMILES string of the molecule is COc1cc(C(=O)N(C)CC(CCN2CCC(Nc3nc4ccccc4n3CCCC(F)(F)F)CC2)c2cccc(Cl)c2)cc(OC)c1OC. The van der Waals surface area contributed by atoms with E-state index in [1.54, 1.807) is 24.1 Å². The summed E-state index contributed by atoms with van der Waals surface area (Å²) in [6.45, 7) is 3.25. The Bertz CT molecular complexity index is 1720. The molecule has 9 nitrogen and oxygen atoms in total. The molecule has 50 heavy (non-hydrogen) atoms. The van der Waals surface area contributed by atoms with Crippen LogP contribution in [0.15, 0.2) is 60.7 Å². The Morgan fingerprint density at radius 1 is 1.00 bits per heavy atom. The van der Waals surface area contributed by atoms with Crippen LogP contribution in [0.5, 0.6) is 17.2 Å². The van der Waals surface area contributed by atoms with Gasteiger partial charge >= 0.3 is 6.18 Å². The molecule has 1 saturated heterocycles. The number of aromatic nitrogens is 2. The number of piperidine rings is 1. The van der Waals surface area contributed by atoms with Gasteiger partial charge in [0.1, 0.15) is 0 Å². The molecule has 1 aromatic heterocycles. The van der Waals surface area contributed by atoms with Crippen molar-refractivity contribution in [3.8, 4) is 17.2 Å². The molecule has 1 fully saturated rings. The third-order valence-corrected chi connectivity index (χ3v) is 9.52. The summed E-state index contributed by atoms with van der Waals surface area (Å²) < 4.78 is 56.9. The summed E-state index contributed by atoms with van der Waals surface area (Å²) in [5, 5.41) is 4.18. The van der Waals surface area contributed by atoms with Gasteiger partial charge in [0.2, 0.25) is 11.7 Å². The van der Waals surface area contributed by atoms with Crippen molar-refractivity contribution in [2.75, 3.05) is 59.9 Å². The van der Waals surface area contributed by atoms with Gasteiger partial charge in [-0.1, -0.05) is 35.9 Å². The van der Waals surface area contributed by atoms with Gasteiger partial charge in [0, 0.05) is 62.2 Å². The van der Waals surface area contributed by atoms with Gasteiger partial charge in [-0.25, -0.2) is 4.98 Å². The molecular formula is C37H45ClF3N5O4. The van der Waals surface area contributed by atoms with Gasteiger partial charge in [-0.15, -0.1) is 0 Å². The highest BCUT2D eigenvalue weighted by Gasteiger charge is 2.28. The fourth-order valence-corrected chi connectivity index (χ4v) is 6.83. The van der Waals surface area contributed by atoms with Crippen LogP contribution in [-0.2, 0) is 6.54 Å². The number of carbonyl (C=O) groups excluding carboxylic acids is 1. The second-order valence-corrected chi connectivity index (χ2v) is 13.1. The summed E-state index contributed by atoms with van der Waals surface area (Å²) in [7, 11) is 6.34. The minimum atomic E-state index is -4.19. The number of carbonyl (C=O) groups is 1. The van der Waals surface area contributed by atoms with E-state index >= 15 is 0 Å². The van der Waals surface area contributed by atoms with Crippen molar-refractivity contribution >= 4 is 34.5 Å². The Morgan fingerprint density at radius 3 is 2.34 bits per heavy atom. The van der Waals surface area contributed by atoms with Crippen LogP contribution in [0, 0.1) is 0 Å². The normalized spacial score (nSPS) is 14.8. The van der Waals surface area contributed by atoms with Crippen LogP contribution in [0.3, 0.4) is 0 Å². The summed E-state index contributed by atoms with van der Waals surface area (Å²) in [4.78, 5) is 22.5. The Labute approximate surface area is 296 Å². The standard InChI is InChI=1S/C37H45ClF3N5O4/c1-44(35(47)27-22-32(48-2)34(50-4)33(23-27)49-3)24-26(25-9-7-10-28(38)21-25)13-18-45-19-14-29(15-20-45)42-36-43-30-11-5-6-12-31(30)46(36)17-8-16-37(39,40)41/h5-7,9-12,21-23,26,29H,8,13-20,24H2,1-4H3,(H,42,43). The molecule has 0 bridgehead atoms. The number of likely N-dealkylation sites (N-methyl/N-ethyl adjacent to an activating group) is 1. The Balaban J connectivity index is 1.22. The Hall–Kier alpha value is -4.16. The second kappa shape index (κ2) is 16.7. The lowest BCUT2D eigenvalue weighted by Gasteiger charge is -2.34. The van der Waals surface area contributed by atoms with Gasteiger partial charge in [0.15, 0.2) is 11.5 Å². The van der Waals surface area contributed by atoms with Crippen molar-refractivity contribution in [1.82, 2.24) is 19.4 Å². The fourth-order valence-electron chi connectivity index (χ4n) is 6.63. The molecule has 0 radical (unpaired) electrons. The fraction of sp³-hybridized carbons (Fsp3) is 0.459. The number of ether oxygens (including phenoxy) is 3. The van der Waals surface area contributed by atoms with Crippen LogP contribution in [0.1, 0.15) is 53.9 Å². The highest BCUT2D eigenvalue weighted by molar-refractivity contribution is 6.30. The first-order chi connectivity index (χ1) is 24.0. The molecule has 0 aliphatic carbocycles. The van der Waals surface area contributed by atoms with Crippen molar-refractivity contribution in [1.29, 1.82) is 0 Å². The number of hydrogen-bond acceptors (Lipinski definition) is 7. The number of fused-ring (bicyclic) bond motifs is 1. The summed E-state index contributed by atoms with van der Waals surface area (Å²) in [6.07, 6.45) is -2.48. The highest BCUT2D eigenvalue weighted by Crippen LogP contribution is 2.38. The molecule has 1 N–H and O–H groups in total. The molecule has 5 rings (SSSR count). The van der Waals surface area contributed by atoms with Crippen LogP contribution in [0.2, 0.25) is 5.02 Å². The third kappa shape index (κ3) is 9.33. The number of rotatable bonds is 15. The lowest BCUT2D eigenvalue weighted by atomic mass is 9.94. The summed E-state index contributed by atoms with van der Waals surface area (Å²) in [5.74, 6) is 1.71. The minimum absolute atomic E-state index is 0.00591. The number of para-hydroxylation sites is 2. The van der Waals surface area contributed by atoms with Gasteiger partial charge < -0.3 is 33.9 Å². The van der Waals surface area contributed by atoms with Crippen molar-refractivity contribution in [2.24, 2.45) is 0 Å². The summed E-state index contributed by atoms with van der Waals surface area (Å²) in [6, 6.07) is 18.8. The molecule has 1 atom stereocenters. The average Bonchev–Trinajstić information content (AvgIpc) is 3.45. The van der Waals surface area contributed by atoms with Crippen LogP contribution < -0.4 is 19.5 Å². The van der Waals surface area contributed by atoms with Gasteiger partial charge in [0.25, 0.3) is 5.91 Å². The maximum atomic E-state index is 13.7. The van der Waals surface area contributed by atoms with E-state index in [0.29, 0.717) is 40.3 Å².